The molecule has 112 valence electrons. The Morgan fingerprint density at radius 2 is 2.10 bits per heavy atom. The van der Waals surface area contributed by atoms with Crippen LogP contribution in [0, 0.1) is 5.92 Å². The highest BCUT2D eigenvalue weighted by atomic mass is 35.5. The van der Waals surface area contributed by atoms with Gasteiger partial charge in [0.25, 0.3) is 0 Å². The van der Waals surface area contributed by atoms with E-state index in [1.165, 1.54) is 25.7 Å². The molecule has 4 heteroatoms. The van der Waals surface area contributed by atoms with Gasteiger partial charge in [-0.25, -0.2) is 9.97 Å². The van der Waals surface area contributed by atoms with Crippen LogP contribution in [0.4, 0.5) is 0 Å². The van der Waals surface area contributed by atoms with E-state index in [1.807, 2.05) is 0 Å². The lowest BCUT2D eigenvalue weighted by atomic mass is 9.85. The number of hydrogen-bond donors (Lipinski definition) is 0. The van der Waals surface area contributed by atoms with E-state index in [0.29, 0.717) is 23.8 Å². The van der Waals surface area contributed by atoms with Gasteiger partial charge in [-0.15, -0.1) is 11.6 Å². The quantitative estimate of drug-likeness (QED) is 0.740. The molecule has 1 aliphatic carbocycles. The summed E-state index contributed by atoms with van der Waals surface area (Å²) in [4.78, 5) is 8.95. The smallest absolute Gasteiger partial charge is 0.160 e. The van der Waals surface area contributed by atoms with Crippen molar-refractivity contribution in [2.75, 3.05) is 0 Å². The summed E-state index contributed by atoms with van der Waals surface area (Å²) >= 11 is 6.03. The second kappa shape index (κ2) is 7.26. The minimum absolute atomic E-state index is 0.296. The monoisotopic (exact) mass is 296 g/mol. The topological polar surface area (TPSA) is 35.0 Å². The van der Waals surface area contributed by atoms with Crippen LogP contribution in [0.3, 0.4) is 0 Å². The molecule has 2 rings (SSSR count). The number of nitrogens with zero attached hydrogens (tertiary/aromatic N) is 2. The summed E-state index contributed by atoms with van der Waals surface area (Å²) < 4.78 is 6.21. The molecule has 0 spiro atoms. The van der Waals surface area contributed by atoms with Crippen LogP contribution < -0.4 is 4.74 Å². The predicted octanol–water partition coefficient (Wildman–Crippen LogP) is 4.69. The van der Waals surface area contributed by atoms with Crippen molar-refractivity contribution >= 4 is 11.6 Å². The van der Waals surface area contributed by atoms with Crippen molar-refractivity contribution in [3.05, 3.63) is 17.7 Å². The fourth-order valence-corrected chi connectivity index (χ4v) is 3.04. The van der Waals surface area contributed by atoms with Crippen LogP contribution in [0.2, 0.25) is 0 Å². The van der Waals surface area contributed by atoms with Crippen LogP contribution in [0.1, 0.15) is 70.3 Å². The number of halogens is 1. The lowest BCUT2D eigenvalue weighted by molar-refractivity contribution is 0.0886. The Morgan fingerprint density at radius 3 is 2.75 bits per heavy atom. The van der Waals surface area contributed by atoms with Gasteiger partial charge in [-0.2, -0.15) is 0 Å². The van der Waals surface area contributed by atoms with Crippen molar-refractivity contribution < 1.29 is 4.74 Å². The van der Waals surface area contributed by atoms with Crippen molar-refractivity contribution in [3.8, 4) is 5.75 Å². The van der Waals surface area contributed by atoms with Gasteiger partial charge in [0.1, 0.15) is 17.6 Å². The zero-order valence-electron chi connectivity index (χ0n) is 12.7. The van der Waals surface area contributed by atoms with Gasteiger partial charge in [0.2, 0.25) is 0 Å². The Morgan fingerprint density at radius 1 is 1.35 bits per heavy atom. The maximum Gasteiger partial charge on any atom is 0.160 e. The second-order valence-corrected chi connectivity index (χ2v) is 6.20. The van der Waals surface area contributed by atoms with E-state index in [-0.39, 0.29) is 0 Å². The summed E-state index contributed by atoms with van der Waals surface area (Å²) in [6, 6.07) is 0. The first-order chi connectivity index (χ1) is 9.65. The molecule has 1 aromatic rings. The number of ether oxygens (including phenoxy) is 1. The van der Waals surface area contributed by atoms with Crippen LogP contribution in [0.15, 0.2) is 6.20 Å². The Labute approximate surface area is 127 Å². The van der Waals surface area contributed by atoms with Crippen molar-refractivity contribution in [1.82, 2.24) is 9.97 Å². The van der Waals surface area contributed by atoms with Crippen LogP contribution in [-0.4, -0.2) is 16.1 Å². The largest absolute Gasteiger partial charge is 0.487 e. The molecule has 0 radical (unpaired) electrons. The molecule has 0 bridgehead atoms. The molecule has 3 nitrogen and oxygen atoms in total. The van der Waals surface area contributed by atoms with Gasteiger partial charge in [-0.05, 0) is 31.6 Å². The Hall–Kier alpha value is -0.830. The van der Waals surface area contributed by atoms with Crippen LogP contribution in [-0.2, 0) is 5.88 Å². The minimum Gasteiger partial charge on any atom is -0.487 e. The van der Waals surface area contributed by atoms with E-state index in [2.05, 4.69) is 30.7 Å². The molecule has 1 heterocycles. The molecule has 0 amide bonds. The molecule has 1 aromatic heterocycles. The van der Waals surface area contributed by atoms with Crippen molar-refractivity contribution in [2.24, 2.45) is 5.92 Å². The second-order valence-electron chi connectivity index (χ2n) is 5.94. The van der Waals surface area contributed by atoms with Crippen molar-refractivity contribution in [1.29, 1.82) is 0 Å². The highest BCUT2D eigenvalue weighted by Gasteiger charge is 2.26. The summed E-state index contributed by atoms with van der Waals surface area (Å²) in [6.07, 6.45) is 8.25. The molecular weight excluding hydrogens is 272 g/mol. The first kappa shape index (κ1) is 15.6. The fourth-order valence-electron chi connectivity index (χ4n) is 2.85. The lowest BCUT2D eigenvalue weighted by Gasteiger charge is -2.31. The van der Waals surface area contributed by atoms with E-state index >= 15 is 0 Å². The van der Waals surface area contributed by atoms with Gasteiger partial charge in [0, 0.05) is 5.92 Å². The van der Waals surface area contributed by atoms with Crippen molar-refractivity contribution in [3.63, 3.8) is 0 Å². The average Bonchev–Trinajstić information content (AvgIpc) is 2.48. The fraction of sp³-hybridized carbons (Fsp3) is 0.750. The lowest BCUT2D eigenvalue weighted by Crippen LogP contribution is -2.30. The summed E-state index contributed by atoms with van der Waals surface area (Å²) in [5.41, 5.74) is 0.825. The Bertz CT molecular complexity index is 436. The van der Waals surface area contributed by atoms with Gasteiger partial charge in [0.15, 0.2) is 5.75 Å². The molecule has 0 saturated heterocycles. The molecule has 0 N–H and O–H groups in total. The molecule has 20 heavy (non-hydrogen) atoms. The number of alkyl halides is 1. The van der Waals surface area contributed by atoms with Gasteiger partial charge in [-0.1, -0.05) is 27.2 Å². The Balaban J connectivity index is 2.15. The molecule has 0 aromatic carbocycles. The van der Waals surface area contributed by atoms with Gasteiger partial charge in [0.05, 0.1) is 12.1 Å². The maximum atomic E-state index is 6.21. The van der Waals surface area contributed by atoms with Crippen LogP contribution in [0.5, 0.6) is 5.75 Å². The standard InChI is InChI=1S/C16H25ClN2O/c1-4-12-7-5-6-8-14(12)20-15-10-18-16(11(2)3)19-13(15)9-17/h10-12,14H,4-9H2,1-3H3. The maximum absolute atomic E-state index is 6.21. The van der Waals surface area contributed by atoms with E-state index in [1.54, 1.807) is 6.20 Å². The SMILES string of the molecule is CCC1CCCCC1Oc1cnc(C(C)C)nc1CCl. The molecular formula is C16H25ClN2O. The van der Waals surface area contributed by atoms with Gasteiger partial charge in [-0.3, -0.25) is 0 Å². The van der Waals surface area contributed by atoms with Gasteiger partial charge < -0.3 is 4.74 Å². The van der Waals surface area contributed by atoms with Gasteiger partial charge >= 0.3 is 0 Å². The number of hydrogen-bond acceptors (Lipinski definition) is 3. The number of aromatic nitrogens is 2. The Kier molecular flexibility index (Phi) is 5.64. The molecule has 0 aliphatic heterocycles. The molecule has 1 fully saturated rings. The first-order valence-corrected chi connectivity index (χ1v) is 8.27. The third kappa shape index (κ3) is 3.63. The molecule has 2 atom stereocenters. The summed E-state index contributed by atoms with van der Waals surface area (Å²) in [6.45, 7) is 6.41. The van der Waals surface area contributed by atoms with Crippen molar-refractivity contribution in [2.45, 2.75) is 70.8 Å². The van der Waals surface area contributed by atoms with E-state index < -0.39 is 0 Å². The molecule has 1 saturated carbocycles. The van der Waals surface area contributed by atoms with E-state index in [0.717, 1.165) is 23.7 Å². The zero-order valence-corrected chi connectivity index (χ0v) is 13.5. The molecule has 1 aliphatic rings. The summed E-state index contributed by atoms with van der Waals surface area (Å²) in [5.74, 6) is 2.94. The highest BCUT2D eigenvalue weighted by molar-refractivity contribution is 6.17. The third-order valence-electron chi connectivity index (χ3n) is 4.13. The predicted molar refractivity (Wildman–Crippen MR) is 82.3 cm³/mol. The normalized spacial score (nSPS) is 23.1. The minimum atomic E-state index is 0.296. The third-order valence-corrected chi connectivity index (χ3v) is 4.39. The number of rotatable bonds is 5. The first-order valence-electron chi connectivity index (χ1n) is 7.74. The zero-order chi connectivity index (χ0) is 14.5. The average molecular weight is 297 g/mol. The summed E-state index contributed by atoms with van der Waals surface area (Å²) in [7, 11) is 0. The van der Waals surface area contributed by atoms with E-state index in [9.17, 15) is 0 Å². The highest BCUT2D eigenvalue weighted by Crippen LogP contribution is 2.31. The van der Waals surface area contributed by atoms with Crippen LogP contribution in [0.25, 0.3) is 0 Å². The van der Waals surface area contributed by atoms with E-state index in [4.69, 9.17) is 16.3 Å². The summed E-state index contributed by atoms with van der Waals surface area (Å²) in [5, 5.41) is 0. The molecule has 2 unspecified atom stereocenters. The van der Waals surface area contributed by atoms with Crippen LogP contribution >= 0.6 is 11.6 Å².